The van der Waals surface area contributed by atoms with E-state index in [0.717, 1.165) is 30.1 Å². The quantitative estimate of drug-likeness (QED) is 0.502. The van der Waals surface area contributed by atoms with Crippen LogP contribution in [0.5, 0.6) is 0 Å². The lowest BCUT2D eigenvalue weighted by Crippen LogP contribution is -2.30. The number of thioether (sulfide) groups is 1. The minimum absolute atomic E-state index is 0.354. The number of nitro benzene ring substituents is 1. The normalized spacial score (nSPS) is 17.9. The Morgan fingerprint density at radius 2 is 2.35 bits per heavy atom. The number of nitrogens with two attached hydrogens (primary N) is 1. The van der Waals surface area contributed by atoms with Crippen molar-refractivity contribution in [2.24, 2.45) is 5.92 Å². The molecule has 1 aliphatic rings. The summed E-state index contributed by atoms with van der Waals surface area (Å²) >= 11 is 1.80. The van der Waals surface area contributed by atoms with Gasteiger partial charge in [-0.2, -0.15) is 11.8 Å². The molecule has 1 amide bonds. The van der Waals surface area contributed by atoms with E-state index in [-0.39, 0.29) is 0 Å². The van der Waals surface area contributed by atoms with Crippen LogP contribution in [-0.4, -0.2) is 28.9 Å². The molecule has 1 fully saturated rings. The molecule has 1 saturated heterocycles. The Bertz CT molecular complexity index is 547. The van der Waals surface area contributed by atoms with Crippen LogP contribution in [0.2, 0.25) is 0 Å². The van der Waals surface area contributed by atoms with E-state index in [1.807, 2.05) is 0 Å². The monoisotopic (exact) mass is 299 g/mol. The highest BCUT2D eigenvalue weighted by molar-refractivity contribution is 7.99. The summed E-state index contributed by atoms with van der Waals surface area (Å²) in [6.45, 7) is 0.424. The average molecular weight is 299 g/mol. The summed E-state index contributed by atoms with van der Waals surface area (Å²) in [6.07, 6.45) is 0.998. The van der Waals surface area contributed by atoms with Gasteiger partial charge in [-0.15, -0.1) is 0 Å². The van der Waals surface area contributed by atoms with Crippen molar-refractivity contribution in [1.82, 2.24) is 5.32 Å². The van der Waals surface area contributed by atoms with Crippen molar-refractivity contribution in [2.45, 2.75) is 6.42 Å². The topological polar surface area (TPSA) is 98.3 Å². The summed E-state index contributed by atoms with van der Waals surface area (Å²) in [5.74, 6) is 0.792. The van der Waals surface area contributed by atoms with E-state index >= 15 is 0 Å². The second-order valence-electron chi connectivity index (χ2n) is 4.55. The number of hydrogen-bond acceptors (Lipinski definition) is 5. The smallest absolute Gasteiger partial charge is 0.293 e. The molecule has 3 N–H and O–H groups in total. The van der Waals surface area contributed by atoms with Gasteiger partial charge in [-0.1, -0.05) is 0 Å². The van der Waals surface area contributed by atoms with Crippen LogP contribution in [0.1, 0.15) is 16.8 Å². The predicted molar refractivity (Wildman–Crippen MR) is 75.2 cm³/mol. The Labute approximate surface area is 119 Å². The van der Waals surface area contributed by atoms with Crippen molar-refractivity contribution < 1.29 is 14.1 Å². The number of carbonyl (C=O) groups excluding carboxylic acids is 1. The predicted octanol–water partition coefficient (Wildman–Crippen LogP) is 1.80. The summed E-state index contributed by atoms with van der Waals surface area (Å²) in [4.78, 5) is 22.0. The summed E-state index contributed by atoms with van der Waals surface area (Å²) in [5.41, 5.74) is 4.17. The first-order chi connectivity index (χ1) is 9.50. The molecule has 1 aromatic rings. The van der Waals surface area contributed by atoms with E-state index in [4.69, 9.17) is 5.73 Å². The number of benzene rings is 1. The fourth-order valence-corrected chi connectivity index (χ4v) is 3.33. The number of nitrogens with one attached hydrogen (secondary N) is 1. The first-order valence-corrected chi connectivity index (χ1v) is 7.24. The number of hydrogen-bond donors (Lipinski definition) is 2. The third-order valence-corrected chi connectivity index (χ3v) is 4.40. The largest absolute Gasteiger partial charge is 0.392 e. The minimum atomic E-state index is -0.855. The van der Waals surface area contributed by atoms with E-state index in [9.17, 15) is 19.3 Å². The van der Waals surface area contributed by atoms with Crippen LogP contribution >= 0.6 is 11.8 Å². The number of rotatable bonds is 4. The van der Waals surface area contributed by atoms with Gasteiger partial charge in [0.05, 0.1) is 4.92 Å². The fraction of sp³-hybridized carbons (Fsp3) is 0.417. The number of nitrogens with zero attached hydrogens (tertiary/aromatic N) is 1. The minimum Gasteiger partial charge on any atom is -0.392 e. The molecule has 2 rings (SSSR count). The molecule has 20 heavy (non-hydrogen) atoms. The van der Waals surface area contributed by atoms with Gasteiger partial charge in [0.15, 0.2) is 0 Å². The zero-order chi connectivity index (χ0) is 14.7. The number of amides is 1. The summed E-state index contributed by atoms with van der Waals surface area (Å²) in [5, 5.41) is 13.3. The highest BCUT2D eigenvalue weighted by Gasteiger charge is 2.24. The number of anilines is 1. The molecular weight excluding hydrogens is 285 g/mol. The number of nitro groups is 1. The second kappa shape index (κ2) is 6.08. The van der Waals surface area contributed by atoms with Gasteiger partial charge in [-0.05, 0) is 29.9 Å². The number of carbonyl (C=O) groups is 1. The van der Waals surface area contributed by atoms with Crippen LogP contribution in [0.3, 0.4) is 0 Å². The first kappa shape index (κ1) is 14.6. The van der Waals surface area contributed by atoms with E-state index in [1.54, 1.807) is 11.8 Å². The average Bonchev–Trinajstić information content (AvgIpc) is 2.89. The summed E-state index contributed by atoms with van der Waals surface area (Å²) in [7, 11) is 0. The molecule has 1 unspecified atom stereocenters. The van der Waals surface area contributed by atoms with Crippen LogP contribution in [0.4, 0.5) is 15.8 Å². The van der Waals surface area contributed by atoms with Crippen LogP contribution in [0.25, 0.3) is 0 Å². The first-order valence-electron chi connectivity index (χ1n) is 6.09. The molecule has 1 aliphatic heterocycles. The Morgan fingerprint density at radius 1 is 1.60 bits per heavy atom. The Balaban J connectivity index is 2.15. The number of nitrogen functional groups attached to an aromatic ring is 1. The maximum Gasteiger partial charge on any atom is 0.293 e. The molecule has 0 spiro atoms. The summed E-state index contributed by atoms with van der Waals surface area (Å²) in [6, 6.07) is 1.84. The van der Waals surface area contributed by atoms with E-state index in [0.29, 0.717) is 12.5 Å². The van der Waals surface area contributed by atoms with Gasteiger partial charge in [0.1, 0.15) is 17.1 Å². The molecule has 0 saturated carbocycles. The van der Waals surface area contributed by atoms with Crippen LogP contribution in [-0.2, 0) is 0 Å². The third-order valence-electron chi connectivity index (χ3n) is 3.17. The Morgan fingerprint density at radius 3 is 2.95 bits per heavy atom. The van der Waals surface area contributed by atoms with Gasteiger partial charge in [0.25, 0.3) is 11.6 Å². The molecule has 0 radical (unpaired) electrons. The van der Waals surface area contributed by atoms with Crippen molar-refractivity contribution in [3.8, 4) is 0 Å². The molecule has 8 heteroatoms. The molecular formula is C12H14FN3O3S. The lowest BCUT2D eigenvalue weighted by Gasteiger charge is -2.11. The van der Waals surface area contributed by atoms with Crippen LogP contribution < -0.4 is 11.1 Å². The van der Waals surface area contributed by atoms with Gasteiger partial charge in [-0.25, -0.2) is 4.39 Å². The van der Waals surface area contributed by atoms with Crippen molar-refractivity contribution in [1.29, 1.82) is 0 Å². The van der Waals surface area contributed by atoms with Crippen molar-refractivity contribution in [3.05, 3.63) is 33.6 Å². The fourth-order valence-electron chi connectivity index (χ4n) is 2.04. The second-order valence-corrected chi connectivity index (χ2v) is 5.70. The zero-order valence-electron chi connectivity index (χ0n) is 10.6. The van der Waals surface area contributed by atoms with E-state index < -0.39 is 33.6 Å². The van der Waals surface area contributed by atoms with Gasteiger partial charge < -0.3 is 11.1 Å². The van der Waals surface area contributed by atoms with Crippen LogP contribution in [0.15, 0.2) is 12.1 Å². The van der Waals surface area contributed by atoms with Crippen molar-refractivity contribution in [2.75, 3.05) is 23.8 Å². The zero-order valence-corrected chi connectivity index (χ0v) is 11.4. The maximum absolute atomic E-state index is 13.7. The molecule has 0 aromatic heterocycles. The number of halogens is 1. The van der Waals surface area contributed by atoms with Crippen molar-refractivity contribution >= 4 is 29.0 Å². The lowest BCUT2D eigenvalue weighted by molar-refractivity contribution is -0.384. The van der Waals surface area contributed by atoms with E-state index in [2.05, 4.69) is 5.32 Å². The van der Waals surface area contributed by atoms with Gasteiger partial charge >= 0.3 is 0 Å². The third kappa shape index (κ3) is 3.01. The molecule has 1 heterocycles. The molecule has 108 valence electrons. The molecule has 0 bridgehead atoms. The van der Waals surface area contributed by atoms with Gasteiger partial charge in [0.2, 0.25) is 0 Å². The molecule has 6 nitrogen and oxygen atoms in total. The lowest BCUT2D eigenvalue weighted by atomic mass is 10.1. The standard InChI is InChI=1S/C12H14FN3O3S/c13-8-1-2-9(16(18)19)11(14)10(8)12(17)15-5-7-3-4-20-6-7/h1-2,7H,3-6,14H2,(H,15,17). The maximum atomic E-state index is 13.7. The molecule has 1 aromatic carbocycles. The van der Waals surface area contributed by atoms with E-state index in [1.165, 1.54) is 0 Å². The summed E-state index contributed by atoms with van der Waals surface area (Å²) < 4.78 is 13.7. The molecule has 1 atom stereocenters. The Kier molecular flexibility index (Phi) is 4.43. The Hall–Kier alpha value is -1.83. The van der Waals surface area contributed by atoms with Gasteiger partial charge in [-0.3, -0.25) is 14.9 Å². The van der Waals surface area contributed by atoms with Crippen molar-refractivity contribution in [3.63, 3.8) is 0 Å². The SMILES string of the molecule is Nc1c([N+](=O)[O-])ccc(F)c1C(=O)NCC1CCSC1. The molecule has 0 aliphatic carbocycles. The van der Waals surface area contributed by atoms with Crippen LogP contribution in [0, 0.1) is 21.8 Å². The highest BCUT2D eigenvalue weighted by Crippen LogP contribution is 2.27. The van der Waals surface area contributed by atoms with Gasteiger partial charge in [0, 0.05) is 12.6 Å². The highest BCUT2D eigenvalue weighted by atomic mass is 32.2.